The summed E-state index contributed by atoms with van der Waals surface area (Å²) >= 11 is 11.8. The zero-order valence-corrected chi connectivity index (χ0v) is 16.6. The number of halogens is 2. The summed E-state index contributed by atoms with van der Waals surface area (Å²) in [6.07, 6.45) is 6.34. The van der Waals surface area contributed by atoms with Gasteiger partial charge in [0.2, 0.25) is 5.91 Å². The second-order valence-electron chi connectivity index (χ2n) is 6.59. The van der Waals surface area contributed by atoms with E-state index in [0.717, 1.165) is 25.7 Å². The molecule has 27 heavy (non-hydrogen) atoms. The van der Waals surface area contributed by atoms with Crippen LogP contribution in [0, 0.1) is 0 Å². The topological polar surface area (TPSA) is 84.5 Å². The molecule has 1 saturated carbocycles. The molecule has 0 heterocycles. The normalized spacial score (nSPS) is 14.4. The third-order valence-electron chi connectivity index (χ3n) is 4.32. The smallest absolute Gasteiger partial charge is 0.306 e. The summed E-state index contributed by atoms with van der Waals surface area (Å²) in [5, 5.41) is 6.30. The molecule has 2 N–H and O–H groups in total. The van der Waals surface area contributed by atoms with Crippen LogP contribution >= 0.6 is 23.2 Å². The maximum absolute atomic E-state index is 11.9. The molecule has 0 spiro atoms. The lowest BCUT2D eigenvalue weighted by Crippen LogP contribution is -2.36. The van der Waals surface area contributed by atoms with Crippen LogP contribution in [0.3, 0.4) is 0 Å². The minimum atomic E-state index is -0.521. The van der Waals surface area contributed by atoms with Crippen molar-refractivity contribution in [1.29, 1.82) is 0 Å². The van der Waals surface area contributed by atoms with E-state index >= 15 is 0 Å². The number of benzene rings is 1. The fraction of sp³-hybridized carbons (Fsp3) is 0.526. The van der Waals surface area contributed by atoms with E-state index in [4.69, 9.17) is 27.9 Å². The van der Waals surface area contributed by atoms with Crippen molar-refractivity contribution in [2.45, 2.75) is 57.4 Å². The molecule has 0 radical (unpaired) electrons. The molecule has 8 heteroatoms. The summed E-state index contributed by atoms with van der Waals surface area (Å²) in [5.41, 5.74) is 0.351. The second-order valence-corrected chi connectivity index (χ2v) is 7.43. The number of rotatable bonds is 8. The van der Waals surface area contributed by atoms with Gasteiger partial charge in [-0.2, -0.15) is 0 Å². The molecule has 148 valence electrons. The summed E-state index contributed by atoms with van der Waals surface area (Å²) in [6, 6.07) is 4.93. The monoisotopic (exact) mass is 414 g/mol. The fourth-order valence-corrected chi connectivity index (χ4v) is 3.27. The molecule has 0 atom stereocenters. The van der Waals surface area contributed by atoms with Crippen molar-refractivity contribution >= 4 is 46.7 Å². The molecular weight excluding hydrogens is 391 g/mol. The van der Waals surface area contributed by atoms with Gasteiger partial charge in [0.15, 0.2) is 6.61 Å². The van der Waals surface area contributed by atoms with E-state index in [2.05, 4.69) is 10.6 Å². The molecule has 1 aliphatic carbocycles. The summed E-state index contributed by atoms with van der Waals surface area (Å²) in [5.74, 6) is -1.07. The molecule has 6 nitrogen and oxygen atoms in total. The van der Waals surface area contributed by atoms with Gasteiger partial charge in [0.1, 0.15) is 0 Å². The average Bonchev–Trinajstić information content (AvgIpc) is 2.64. The summed E-state index contributed by atoms with van der Waals surface area (Å²) in [7, 11) is 0. The molecule has 0 unspecified atom stereocenters. The molecule has 1 aromatic carbocycles. The van der Waals surface area contributed by atoms with Crippen molar-refractivity contribution in [3.05, 3.63) is 28.2 Å². The van der Waals surface area contributed by atoms with E-state index in [0.29, 0.717) is 22.2 Å². The molecule has 0 bridgehead atoms. The second kappa shape index (κ2) is 11.1. The number of amides is 2. The number of carbonyl (C=O) groups is 3. The Balaban J connectivity index is 1.60. The molecule has 1 fully saturated rings. The Morgan fingerprint density at radius 3 is 2.52 bits per heavy atom. The number of ether oxygens (including phenoxy) is 1. The Morgan fingerprint density at radius 2 is 1.78 bits per heavy atom. The van der Waals surface area contributed by atoms with Crippen molar-refractivity contribution < 1.29 is 19.1 Å². The summed E-state index contributed by atoms with van der Waals surface area (Å²) < 4.78 is 4.92. The van der Waals surface area contributed by atoms with E-state index in [9.17, 15) is 14.4 Å². The predicted octanol–water partition coefficient (Wildman–Crippen LogP) is 4.09. The van der Waals surface area contributed by atoms with Gasteiger partial charge in [-0.3, -0.25) is 14.4 Å². The minimum absolute atomic E-state index is 0.0389. The standard InChI is InChI=1S/C19H24Cl2N2O4/c20-13-9-10-15(21)16(11-13)23-18(25)12-27-19(26)8-4-7-17(24)22-14-5-2-1-3-6-14/h9-11,14H,1-8,12H2,(H,22,24)(H,23,25). The number of hydrogen-bond acceptors (Lipinski definition) is 4. The highest BCUT2D eigenvalue weighted by atomic mass is 35.5. The van der Waals surface area contributed by atoms with Crippen LogP contribution in [0.25, 0.3) is 0 Å². The van der Waals surface area contributed by atoms with E-state index in [1.165, 1.54) is 12.5 Å². The van der Waals surface area contributed by atoms with Gasteiger partial charge in [-0.15, -0.1) is 0 Å². The first kappa shape index (κ1) is 21.5. The van der Waals surface area contributed by atoms with Crippen molar-refractivity contribution in [1.82, 2.24) is 5.32 Å². The van der Waals surface area contributed by atoms with Gasteiger partial charge in [-0.25, -0.2) is 0 Å². The third kappa shape index (κ3) is 8.18. The van der Waals surface area contributed by atoms with Gasteiger partial charge in [0.25, 0.3) is 5.91 Å². The van der Waals surface area contributed by atoms with Gasteiger partial charge in [0.05, 0.1) is 10.7 Å². The molecule has 1 aromatic rings. The Labute approximate surface area is 168 Å². The number of anilines is 1. The molecule has 0 saturated heterocycles. The van der Waals surface area contributed by atoms with Gasteiger partial charge in [0, 0.05) is 23.9 Å². The number of esters is 1. The largest absolute Gasteiger partial charge is 0.456 e. The lowest BCUT2D eigenvalue weighted by atomic mass is 9.95. The molecule has 0 aliphatic heterocycles. The summed E-state index contributed by atoms with van der Waals surface area (Å²) in [6.45, 7) is -0.421. The van der Waals surface area contributed by atoms with Gasteiger partial charge < -0.3 is 15.4 Å². The number of carbonyl (C=O) groups excluding carboxylic acids is 3. The molecule has 2 rings (SSSR count). The van der Waals surface area contributed by atoms with Gasteiger partial charge >= 0.3 is 5.97 Å². The van der Waals surface area contributed by atoms with Crippen LogP contribution < -0.4 is 10.6 Å². The van der Waals surface area contributed by atoms with Crippen molar-refractivity contribution in [3.63, 3.8) is 0 Å². The van der Waals surface area contributed by atoms with Crippen LogP contribution in [0.2, 0.25) is 10.0 Å². The Bertz CT molecular complexity index is 676. The Kier molecular flexibility index (Phi) is 8.88. The van der Waals surface area contributed by atoms with Crippen molar-refractivity contribution in [2.75, 3.05) is 11.9 Å². The lowest BCUT2D eigenvalue weighted by Gasteiger charge is -2.22. The van der Waals surface area contributed by atoms with Crippen LogP contribution in [-0.2, 0) is 19.1 Å². The SMILES string of the molecule is O=C(COC(=O)CCCC(=O)NC1CCCCC1)Nc1cc(Cl)ccc1Cl. The maximum Gasteiger partial charge on any atom is 0.306 e. The zero-order valence-electron chi connectivity index (χ0n) is 15.1. The van der Waals surface area contributed by atoms with Crippen LogP contribution in [0.4, 0.5) is 5.69 Å². The highest BCUT2D eigenvalue weighted by Crippen LogP contribution is 2.25. The third-order valence-corrected chi connectivity index (χ3v) is 4.89. The highest BCUT2D eigenvalue weighted by molar-refractivity contribution is 6.35. The van der Waals surface area contributed by atoms with E-state index in [1.54, 1.807) is 12.1 Å². The Morgan fingerprint density at radius 1 is 1.04 bits per heavy atom. The number of nitrogens with one attached hydrogen (secondary N) is 2. The average molecular weight is 415 g/mol. The first-order valence-corrected chi connectivity index (χ1v) is 9.89. The van der Waals surface area contributed by atoms with Gasteiger partial charge in [-0.1, -0.05) is 42.5 Å². The quantitative estimate of drug-likeness (QED) is 0.627. The number of hydrogen-bond donors (Lipinski definition) is 2. The van der Waals surface area contributed by atoms with Crippen LogP contribution in [0.5, 0.6) is 0 Å². The van der Waals surface area contributed by atoms with Crippen LogP contribution in [-0.4, -0.2) is 30.4 Å². The maximum atomic E-state index is 11.9. The lowest BCUT2D eigenvalue weighted by molar-refractivity contribution is -0.147. The minimum Gasteiger partial charge on any atom is -0.456 e. The molecule has 0 aromatic heterocycles. The highest BCUT2D eigenvalue weighted by Gasteiger charge is 2.16. The molecule has 1 aliphatic rings. The van der Waals surface area contributed by atoms with Crippen molar-refractivity contribution in [2.24, 2.45) is 0 Å². The van der Waals surface area contributed by atoms with E-state index in [-0.39, 0.29) is 24.8 Å². The molecule has 2 amide bonds. The first-order chi connectivity index (χ1) is 12.9. The van der Waals surface area contributed by atoms with Crippen LogP contribution in [0.1, 0.15) is 51.4 Å². The van der Waals surface area contributed by atoms with Gasteiger partial charge in [-0.05, 0) is 37.5 Å². The van der Waals surface area contributed by atoms with Crippen LogP contribution in [0.15, 0.2) is 18.2 Å². The van der Waals surface area contributed by atoms with Crippen molar-refractivity contribution in [3.8, 4) is 0 Å². The fourth-order valence-electron chi connectivity index (χ4n) is 2.94. The first-order valence-electron chi connectivity index (χ1n) is 9.14. The zero-order chi connectivity index (χ0) is 19.6. The van der Waals surface area contributed by atoms with E-state index in [1.807, 2.05) is 0 Å². The predicted molar refractivity (Wildman–Crippen MR) is 105 cm³/mol. The van der Waals surface area contributed by atoms with E-state index < -0.39 is 18.5 Å². The molecular formula is C19H24Cl2N2O4. The Hall–Kier alpha value is -1.79. The summed E-state index contributed by atoms with van der Waals surface area (Å²) in [4.78, 5) is 35.4.